The van der Waals surface area contributed by atoms with E-state index in [4.69, 9.17) is 5.26 Å². The zero-order chi connectivity index (χ0) is 19.5. The first kappa shape index (κ1) is 21.1. The Morgan fingerprint density at radius 3 is 1.89 bits per heavy atom. The van der Waals surface area contributed by atoms with E-state index in [1.54, 1.807) is 12.1 Å². The summed E-state index contributed by atoms with van der Waals surface area (Å²) in [5.41, 5.74) is 3.82. The molecule has 1 heterocycles. The largest absolute Gasteiger partial charge is 0.301 e. The van der Waals surface area contributed by atoms with Crippen LogP contribution in [0.1, 0.15) is 29.5 Å². The molecule has 0 N–H and O–H groups in total. The normalized spacial score (nSPS) is 14.9. The van der Waals surface area contributed by atoms with Crippen LogP contribution in [-0.2, 0) is 6.54 Å². The van der Waals surface area contributed by atoms with E-state index >= 15 is 0 Å². The summed E-state index contributed by atoms with van der Waals surface area (Å²) in [6.45, 7) is 10.7. The highest BCUT2D eigenvalue weighted by Gasteiger charge is 2.16. The molecule has 0 amide bonds. The first-order chi connectivity index (χ1) is 13.1. The molecule has 0 unspecified atom stereocenters. The molecule has 0 aromatic heterocycles. The average molecular weight is 368 g/mol. The summed E-state index contributed by atoms with van der Waals surface area (Å²) in [6.07, 6.45) is 1.69. The number of halogens is 1. The number of benzene rings is 2. The van der Waals surface area contributed by atoms with Crippen LogP contribution in [0.25, 0.3) is 0 Å². The van der Waals surface area contributed by atoms with E-state index in [2.05, 4.69) is 47.1 Å². The third-order valence-electron chi connectivity index (χ3n) is 4.77. The van der Waals surface area contributed by atoms with Gasteiger partial charge < -0.3 is 4.90 Å². The van der Waals surface area contributed by atoms with Crippen molar-refractivity contribution in [3.05, 3.63) is 71.0 Å². The molecule has 2 aromatic rings. The Hall–Kier alpha value is -2.22. The first-order valence-electron chi connectivity index (χ1n) is 9.66. The van der Waals surface area contributed by atoms with Crippen LogP contribution in [0.4, 0.5) is 4.39 Å². The van der Waals surface area contributed by atoms with Crippen molar-refractivity contribution in [3.63, 3.8) is 0 Å². The van der Waals surface area contributed by atoms with Crippen molar-refractivity contribution >= 4 is 0 Å². The zero-order valence-corrected chi connectivity index (χ0v) is 16.5. The predicted molar refractivity (Wildman–Crippen MR) is 109 cm³/mol. The van der Waals surface area contributed by atoms with Crippen LogP contribution >= 0.6 is 0 Å². The fraction of sp³-hybridized carbons (Fsp3) is 0.435. The number of unbranched alkanes of at least 4 members (excludes halogenated alkanes) is 1. The molecule has 1 aliphatic rings. The molecule has 3 nitrogen and oxygen atoms in total. The van der Waals surface area contributed by atoms with Crippen LogP contribution in [0.2, 0.25) is 0 Å². The molecular weight excluding hydrogens is 337 g/mol. The predicted octanol–water partition coefficient (Wildman–Crippen LogP) is 4.55. The fourth-order valence-electron chi connectivity index (χ4n) is 3.04. The summed E-state index contributed by atoms with van der Waals surface area (Å²) in [5.74, 6) is -0.171. The average Bonchev–Trinajstić information content (AvgIpc) is 2.68. The van der Waals surface area contributed by atoms with Gasteiger partial charge in [-0.25, -0.2) is 4.39 Å². The van der Waals surface area contributed by atoms with Gasteiger partial charge in [0.2, 0.25) is 0 Å². The van der Waals surface area contributed by atoms with Crippen molar-refractivity contribution in [2.75, 3.05) is 32.7 Å². The van der Waals surface area contributed by atoms with Gasteiger partial charge in [0.25, 0.3) is 0 Å². The Bertz CT molecular complexity index is 675. The number of aryl methyl sites for hydroxylation is 2. The van der Waals surface area contributed by atoms with E-state index in [1.807, 2.05) is 6.92 Å². The lowest BCUT2D eigenvalue weighted by molar-refractivity contribution is 0.126. The van der Waals surface area contributed by atoms with Crippen LogP contribution < -0.4 is 0 Å². The van der Waals surface area contributed by atoms with Gasteiger partial charge in [0.05, 0.1) is 6.07 Å². The lowest BCUT2D eigenvalue weighted by Gasteiger charge is -2.34. The Kier molecular flexibility index (Phi) is 8.97. The molecule has 0 bridgehead atoms. The van der Waals surface area contributed by atoms with Crippen molar-refractivity contribution in [2.45, 2.75) is 33.2 Å². The van der Waals surface area contributed by atoms with Crippen LogP contribution in [0.5, 0.6) is 0 Å². The third-order valence-corrected chi connectivity index (χ3v) is 4.77. The van der Waals surface area contributed by atoms with Crippen molar-refractivity contribution in [1.29, 1.82) is 5.26 Å². The summed E-state index contributed by atoms with van der Waals surface area (Å²) in [5, 5.41) is 8.54. The molecule has 27 heavy (non-hydrogen) atoms. The topological polar surface area (TPSA) is 30.3 Å². The van der Waals surface area contributed by atoms with Gasteiger partial charge in [-0.15, -0.1) is 0 Å². The van der Waals surface area contributed by atoms with Gasteiger partial charge >= 0.3 is 0 Å². The van der Waals surface area contributed by atoms with E-state index in [0.717, 1.165) is 51.3 Å². The van der Waals surface area contributed by atoms with Gasteiger partial charge in [-0.3, -0.25) is 4.90 Å². The molecular formula is C23H30FN3. The summed E-state index contributed by atoms with van der Waals surface area (Å²) >= 11 is 0. The lowest BCUT2D eigenvalue weighted by Crippen LogP contribution is -2.46. The highest BCUT2D eigenvalue weighted by Crippen LogP contribution is 2.10. The van der Waals surface area contributed by atoms with Gasteiger partial charge in [-0.2, -0.15) is 5.26 Å². The van der Waals surface area contributed by atoms with Crippen LogP contribution in [-0.4, -0.2) is 42.5 Å². The molecule has 0 saturated carbocycles. The zero-order valence-electron chi connectivity index (χ0n) is 16.5. The fourth-order valence-corrected chi connectivity index (χ4v) is 3.04. The maximum atomic E-state index is 12.1. The number of nitrogens with zero attached hydrogens (tertiary/aromatic N) is 3. The molecule has 0 aliphatic carbocycles. The lowest BCUT2D eigenvalue weighted by atomic mass is 10.1. The maximum absolute atomic E-state index is 12.1. The second-order valence-corrected chi connectivity index (χ2v) is 7.16. The molecule has 1 saturated heterocycles. The summed E-state index contributed by atoms with van der Waals surface area (Å²) in [4.78, 5) is 4.99. The highest BCUT2D eigenvalue weighted by molar-refractivity contribution is 5.21. The van der Waals surface area contributed by atoms with Gasteiger partial charge in [-0.05, 0) is 44.5 Å². The van der Waals surface area contributed by atoms with E-state index in [9.17, 15) is 4.39 Å². The van der Waals surface area contributed by atoms with E-state index in [-0.39, 0.29) is 5.82 Å². The Morgan fingerprint density at radius 1 is 0.852 bits per heavy atom. The van der Waals surface area contributed by atoms with Crippen LogP contribution in [0.3, 0.4) is 0 Å². The van der Waals surface area contributed by atoms with E-state index in [1.165, 1.54) is 23.3 Å². The second-order valence-electron chi connectivity index (χ2n) is 7.16. The van der Waals surface area contributed by atoms with Crippen molar-refractivity contribution in [1.82, 2.24) is 9.80 Å². The minimum atomic E-state index is -0.171. The van der Waals surface area contributed by atoms with Crippen LogP contribution in [0, 0.1) is 31.0 Å². The summed E-state index contributed by atoms with van der Waals surface area (Å²) in [6, 6.07) is 17.5. The minimum Gasteiger partial charge on any atom is -0.301 e. The molecule has 0 atom stereocenters. The summed E-state index contributed by atoms with van der Waals surface area (Å²) < 4.78 is 12.1. The molecule has 0 spiro atoms. The second kappa shape index (κ2) is 11.5. The quantitative estimate of drug-likeness (QED) is 0.726. The molecule has 4 heteroatoms. The van der Waals surface area contributed by atoms with Crippen molar-refractivity contribution in [2.24, 2.45) is 0 Å². The SMILES string of the molecule is Cc1ccc(CN2CCN(CCCC#N)CC2)cc1.Cc1ccc(F)cc1. The minimum absolute atomic E-state index is 0.171. The van der Waals surface area contributed by atoms with Gasteiger partial charge in [0.15, 0.2) is 0 Å². The van der Waals surface area contributed by atoms with Gasteiger partial charge in [-0.1, -0.05) is 47.5 Å². The Balaban J connectivity index is 0.000000273. The van der Waals surface area contributed by atoms with Gasteiger partial charge in [0.1, 0.15) is 5.82 Å². The molecule has 3 rings (SSSR count). The Morgan fingerprint density at radius 2 is 1.37 bits per heavy atom. The van der Waals surface area contributed by atoms with Crippen LogP contribution in [0.15, 0.2) is 48.5 Å². The molecule has 144 valence electrons. The van der Waals surface area contributed by atoms with Crippen molar-refractivity contribution < 1.29 is 4.39 Å². The number of hydrogen-bond donors (Lipinski definition) is 0. The number of nitriles is 1. The molecule has 0 radical (unpaired) electrons. The number of piperazine rings is 1. The standard InChI is InChI=1S/C16H23N3.C7H7F/c1-15-4-6-16(7-5-15)14-19-12-10-18(11-13-19)9-3-2-8-17;1-6-2-4-7(8)5-3-6/h4-7H,2-3,9-14H2,1H3;2-5H,1H3. The van der Waals surface area contributed by atoms with E-state index < -0.39 is 0 Å². The first-order valence-corrected chi connectivity index (χ1v) is 9.66. The third kappa shape index (κ3) is 8.34. The smallest absolute Gasteiger partial charge is 0.123 e. The highest BCUT2D eigenvalue weighted by atomic mass is 19.1. The van der Waals surface area contributed by atoms with Gasteiger partial charge in [0, 0.05) is 39.1 Å². The summed E-state index contributed by atoms with van der Waals surface area (Å²) in [7, 11) is 0. The molecule has 1 aliphatic heterocycles. The Labute approximate surface area is 163 Å². The van der Waals surface area contributed by atoms with Crippen molar-refractivity contribution in [3.8, 4) is 6.07 Å². The molecule has 1 fully saturated rings. The monoisotopic (exact) mass is 367 g/mol. The maximum Gasteiger partial charge on any atom is 0.123 e. The molecule has 2 aromatic carbocycles. The van der Waals surface area contributed by atoms with E-state index in [0.29, 0.717) is 6.42 Å². The number of hydrogen-bond acceptors (Lipinski definition) is 3. The number of rotatable bonds is 5.